The quantitative estimate of drug-likeness (QED) is 0.718. The molecule has 29 heavy (non-hydrogen) atoms. The summed E-state index contributed by atoms with van der Waals surface area (Å²) in [5, 5.41) is 5.68. The Kier molecular flexibility index (Phi) is 6.83. The molecule has 2 heterocycles. The summed E-state index contributed by atoms with van der Waals surface area (Å²) in [7, 11) is -3.71. The Morgan fingerprint density at radius 3 is 2.52 bits per heavy atom. The van der Waals surface area contributed by atoms with Crippen LogP contribution in [0, 0.1) is 5.92 Å². The van der Waals surface area contributed by atoms with Crippen LogP contribution in [0.5, 0.6) is 0 Å². The maximum atomic E-state index is 12.8. The summed E-state index contributed by atoms with van der Waals surface area (Å²) < 4.78 is 26.9. The molecule has 8 nitrogen and oxygen atoms in total. The van der Waals surface area contributed by atoms with Crippen LogP contribution in [0.2, 0.25) is 5.02 Å². The number of benzene rings is 1. The van der Waals surface area contributed by atoms with Gasteiger partial charge in [-0.05, 0) is 49.2 Å². The maximum absolute atomic E-state index is 12.8. The Morgan fingerprint density at radius 1 is 1.14 bits per heavy atom. The monoisotopic (exact) mass is 436 g/mol. The van der Waals surface area contributed by atoms with Crippen molar-refractivity contribution >= 4 is 39.1 Å². The Hall–Kier alpha value is -2.49. The highest BCUT2D eigenvalue weighted by Gasteiger charge is 2.33. The van der Waals surface area contributed by atoms with Gasteiger partial charge in [-0.15, -0.1) is 0 Å². The second kappa shape index (κ2) is 9.34. The predicted molar refractivity (Wildman–Crippen MR) is 109 cm³/mol. The molecule has 1 fully saturated rings. The lowest BCUT2D eigenvalue weighted by Crippen LogP contribution is -2.46. The minimum Gasteiger partial charge on any atom is -0.347 e. The molecule has 1 aromatic carbocycles. The van der Waals surface area contributed by atoms with E-state index in [1.165, 1.54) is 28.6 Å². The standard InChI is InChI=1S/C19H21ClN4O4S/c20-15-3-5-17(6-4-15)29(27,28)24-11-1-2-14(13-24)19(26)22-12-18(25)23-16-7-9-21-10-8-16/h3-10,14H,1-2,11-13H2,(H,22,26)(H,21,23,25). The van der Waals surface area contributed by atoms with Crippen molar-refractivity contribution in [2.75, 3.05) is 25.0 Å². The Bertz CT molecular complexity index is 967. The minimum atomic E-state index is -3.71. The van der Waals surface area contributed by atoms with E-state index in [0.717, 1.165) is 0 Å². The molecule has 0 aliphatic carbocycles. The summed E-state index contributed by atoms with van der Waals surface area (Å²) >= 11 is 5.83. The van der Waals surface area contributed by atoms with Crippen LogP contribution in [-0.2, 0) is 19.6 Å². The number of nitrogens with zero attached hydrogens (tertiary/aromatic N) is 2. The minimum absolute atomic E-state index is 0.0722. The molecule has 2 amide bonds. The zero-order chi connectivity index (χ0) is 20.9. The number of piperidine rings is 1. The van der Waals surface area contributed by atoms with Crippen molar-refractivity contribution in [2.45, 2.75) is 17.7 Å². The number of hydrogen-bond donors (Lipinski definition) is 2. The van der Waals surface area contributed by atoms with Gasteiger partial charge in [-0.2, -0.15) is 4.31 Å². The topological polar surface area (TPSA) is 108 Å². The molecule has 154 valence electrons. The number of sulfonamides is 1. The average Bonchev–Trinajstić information content (AvgIpc) is 2.73. The molecule has 0 radical (unpaired) electrons. The molecular formula is C19H21ClN4O4S. The van der Waals surface area contributed by atoms with E-state index in [4.69, 9.17) is 11.6 Å². The van der Waals surface area contributed by atoms with E-state index in [1.54, 1.807) is 24.5 Å². The van der Waals surface area contributed by atoms with Crippen LogP contribution in [0.3, 0.4) is 0 Å². The van der Waals surface area contributed by atoms with Gasteiger partial charge in [0.1, 0.15) is 0 Å². The summed E-state index contributed by atoms with van der Waals surface area (Å²) in [4.78, 5) is 28.4. The second-order valence-corrected chi connectivity index (χ2v) is 9.03. The van der Waals surface area contributed by atoms with Gasteiger partial charge in [0.15, 0.2) is 0 Å². The fraction of sp³-hybridized carbons (Fsp3) is 0.316. The first-order valence-corrected chi connectivity index (χ1v) is 10.9. The van der Waals surface area contributed by atoms with Crippen molar-refractivity contribution in [1.82, 2.24) is 14.6 Å². The van der Waals surface area contributed by atoms with E-state index in [0.29, 0.717) is 30.1 Å². The molecule has 3 rings (SSSR count). The molecule has 10 heteroatoms. The lowest BCUT2D eigenvalue weighted by Gasteiger charge is -2.31. The van der Waals surface area contributed by atoms with Gasteiger partial charge in [0.25, 0.3) is 0 Å². The molecule has 1 saturated heterocycles. The zero-order valence-corrected chi connectivity index (χ0v) is 17.1. The van der Waals surface area contributed by atoms with Gasteiger partial charge in [0.2, 0.25) is 21.8 Å². The van der Waals surface area contributed by atoms with E-state index in [9.17, 15) is 18.0 Å². The van der Waals surface area contributed by atoms with Crippen LogP contribution in [-0.4, -0.2) is 49.2 Å². The van der Waals surface area contributed by atoms with Gasteiger partial charge < -0.3 is 10.6 Å². The fourth-order valence-corrected chi connectivity index (χ4v) is 4.73. The summed E-state index contributed by atoms with van der Waals surface area (Å²) in [6, 6.07) is 9.21. The maximum Gasteiger partial charge on any atom is 0.243 e. The summed E-state index contributed by atoms with van der Waals surface area (Å²) in [6.07, 6.45) is 4.22. The number of amides is 2. The summed E-state index contributed by atoms with van der Waals surface area (Å²) in [5.41, 5.74) is 0.581. The van der Waals surface area contributed by atoms with Crippen molar-refractivity contribution < 1.29 is 18.0 Å². The molecule has 1 atom stereocenters. The Morgan fingerprint density at radius 2 is 1.83 bits per heavy atom. The van der Waals surface area contributed by atoms with Crippen LogP contribution in [0.1, 0.15) is 12.8 Å². The van der Waals surface area contributed by atoms with Crippen molar-refractivity contribution in [3.63, 3.8) is 0 Å². The van der Waals surface area contributed by atoms with Crippen molar-refractivity contribution in [2.24, 2.45) is 5.92 Å². The smallest absolute Gasteiger partial charge is 0.243 e. The molecular weight excluding hydrogens is 416 g/mol. The number of aromatic nitrogens is 1. The van der Waals surface area contributed by atoms with E-state index in [1.807, 2.05) is 0 Å². The molecule has 0 spiro atoms. The molecule has 2 N–H and O–H groups in total. The molecule has 1 aliphatic heterocycles. The largest absolute Gasteiger partial charge is 0.347 e. The third kappa shape index (κ3) is 5.53. The number of pyridine rings is 1. The van der Waals surface area contributed by atoms with Gasteiger partial charge in [0.05, 0.1) is 17.4 Å². The first-order chi connectivity index (χ1) is 13.9. The summed E-state index contributed by atoms with van der Waals surface area (Å²) in [5.74, 6) is -1.23. The Balaban J connectivity index is 1.56. The predicted octanol–water partition coefficient (Wildman–Crippen LogP) is 1.89. The van der Waals surface area contributed by atoms with Crippen LogP contribution in [0.4, 0.5) is 5.69 Å². The molecule has 2 aromatic rings. The number of carbonyl (C=O) groups excluding carboxylic acids is 2. The first kappa shape index (κ1) is 21.2. The first-order valence-electron chi connectivity index (χ1n) is 9.09. The summed E-state index contributed by atoms with van der Waals surface area (Å²) in [6.45, 7) is 0.224. The molecule has 1 unspecified atom stereocenters. The van der Waals surface area contributed by atoms with Gasteiger partial charge in [0, 0.05) is 36.2 Å². The molecule has 0 saturated carbocycles. The van der Waals surface area contributed by atoms with Crippen LogP contribution in [0.25, 0.3) is 0 Å². The molecule has 1 aliphatic rings. The van der Waals surface area contributed by atoms with Crippen molar-refractivity contribution in [1.29, 1.82) is 0 Å². The van der Waals surface area contributed by atoms with E-state index >= 15 is 0 Å². The lowest BCUT2D eigenvalue weighted by atomic mass is 9.99. The number of hydrogen-bond acceptors (Lipinski definition) is 5. The Labute approximate surface area is 174 Å². The van der Waals surface area contributed by atoms with E-state index < -0.39 is 15.9 Å². The lowest BCUT2D eigenvalue weighted by molar-refractivity contribution is -0.128. The number of halogens is 1. The SMILES string of the molecule is O=C(CNC(=O)C1CCCN(S(=O)(=O)c2ccc(Cl)cc2)C1)Nc1ccncc1. The fourth-order valence-electron chi connectivity index (χ4n) is 3.08. The highest BCUT2D eigenvalue weighted by atomic mass is 35.5. The number of nitrogens with one attached hydrogen (secondary N) is 2. The van der Waals surface area contributed by atoms with Gasteiger partial charge >= 0.3 is 0 Å². The average molecular weight is 437 g/mol. The number of rotatable bonds is 6. The third-order valence-corrected chi connectivity index (χ3v) is 6.72. The molecule has 1 aromatic heterocycles. The third-order valence-electron chi connectivity index (χ3n) is 4.59. The van der Waals surface area contributed by atoms with Crippen LogP contribution < -0.4 is 10.6 Å². The normalized spacial score (nSPS) is 17.5. The molecule has 0 bridgehead atoms. The second-order valence-electron chi connectivity index (χ2n) is 6.66. The number of anilines is 1. The van der Waals surface area contributed by atoms with Gasteiger partial charge in [-0.25, -0.2) is 8.42 Å². The van der Waals surface area contributed by atoms with Gasteiger partial charge in [-0.3, -0.25) is 14.6 Å². The highest BCUT2D eigenvalue weighted by molar-refractivity contribution is 7.89. The van der Waals surface area contributed by atoms with Crippen molar-refractivity contribution in [3.05, 3.63) is 53.8 Å². The van der Waals surface area contributed by atoms with Crippen LogP contribution in [0.15, 0.2) is 53.7 Å². The van der Waals surface area contributed by atoms with E-state index in [2.05, 4.69) is 15.6 Å². The zero-order valence-electron chi connectivity index (χ0n) is 15.5. The van der Waals surface area contributed by atoms with Crippen molar-refractivity contribution in [3.8, 4) is 0 Å². The van der Waals surface area contributed by atoms with Gasteiger partial charge in [-0.1, -0.05) is 11.6 Å². The highest BCUT2D eigenvalue weighted by Crippen LogP contribution is 2.24. The van der Waals surface area contributed by atoms with Crippen LogP contribution >= 0.6 is 11.6 Å². The number of carbonyl (C=O) groups is 2. The van der Waals surface area contributed by atoms with E-state index in [-0.39, 0.29) is 29.8 Å².